The number of primary amides is 1. The minimum absolute atomic E-state index is 0.00731. The third kappa shape index (κ3) is 2.95. The van der Waals surface area contributed by atoms with Gasteiger partial charge < -0.3 is 21.1 Å². The first-order chi connectivity index (χ1) is 11.8. The molecule has 1 unspecified atom stereocenters. The minimum Gasteiger partial charge on any atom is -0.480 e. The quantitative estimate of drug-likeness (QED) is 0.463. The number of nitrogens with one attached hydrogen (secondary N) is 1. The summed E-state index contributed by atoms with van der Waals surface area (Å²) in [5.74, 6) is -1.39. The molecule has 132 valence electrons. The van der Waals surface area contributed by atoms with Crippen molar-refractivity contribution in [3.8, 4) is 0 Å². The highest BCUT2D eigenvalue weighted by atomic mass is 16.4. The van der Waals surface area contributed by atoms with Crippen LogP contribution in [-0.4, -0.2) is 52.1 Å². The number of carbonyl (C=O) groups excluding carboxylic acids is 2. The number of nitrogens with two attached hydrogens (primary N) is 2. The Morgan fingerprint density at radius 3 is 2.68 bits per heavy atom. The van der Waals surface area contributed by atoms with Crippen molar-refractivity contribution in [1.82, 2.24) is 4.90 Å². The van der Waals surface area contributed by atoms with E-state index in [2.05, 4.69) is 5.32 Å². The second kappa shape index (κ2) is 6.19. The van der Waals surface area contributed by atoms with E-state index in [9.17, 15) is 19.5 Å². The third-order valence-corrected chi connectivity index (χ3v) is 5.15. The molecule has 3 rings (SSSR count). The van der Waals surface area contributed by atoms with Crippen molar-refractivity contribution < 1.29 is 24.9 Å². The number of benzene rings is 1. The first kappa shape index (κ1) is 16.9. The van der Waals surface area contributed by atoms with Crippen molar-refractivity contribution in [3.05, 3.63) is 29.8 Å². The third-order valence-electron chi connectivity index (χ3n) is 5.15. The Morgan fingerprint density at radius 1 is 1.36 bits per heavy atom. The second-order valence-corrected chi connectivity index (χ2v) is 6.58. The minimum atomic E-state index is -0.973. The lowest BCUT2D eigenvalue weighted by Gasteiger charge is -2.26. The summed E-state index contributed by atoms with van der Waals surface area (Å²) in [6, 6.07) is 5.99. The number of carboxylic acid groups (broad SMARTS) is 1. The van der Waals surface area contributed by atoms with Crippen LogP contribution in [0.5, 0.6) is 0 Å². The summed E-state index contributed by atoms with van der Waals surface area (Å²) < 4.78 is 0. The summed E-state index contributed by atoms with van der Waals surface area (Å²) in [6.45, 7) is 1.95. The summed E-state index contributed by atoms with van der Waals surface area (Å²) in [4.78, 5) is 36.8. The maximum atomic E-state index is 12.6. The maximum absolute atomic E-state index is 12.6. The van der Waals surface area contributed by atoms with Gasteiger partial charge in [0.2, 0.25) is 5.91 Å². The molecular formula is C17H21N4O4+. The Bertz CT molecular complexity index is 763. The lowest BCUT2D eigenvalue weighted by Crippen LogP contribution is -2.49. The summed E-state index contributed by atoms with van der Waals surface area (Å²) in [7, 11) is 0. The number of rotatable bonds is 6. The Hall–Kier alpha value is -2.90. The Balaban J connectivity index is 1.72. The lowest BCUT2D eigenvalue weighted by atomic mass is 10.1. The fraction of sp³-hybridized carbons (Fsp3) is 0.412. The van der Waals surface area contributed by atoms with Gasteiger partial charge in [0.1, 0.15) is 6.04 Å². The van der Waals surface area contributed by atoms with Gasteiger partial charge in [-0.25, -0.2) is 10.2 Å². The van der Waals surface area contributed by atoms with Gasteiger partial charge >= 0.3 is 11.9 Å². The molecule has 0 aromatic heterocycles. The van der Waals surface area contributed by atoms with Crippen LogP contribution >= 0.6 is 0 Å². The fourth-order valence-electron chi connectivity index (χ4n) is 3.74. The van der Waals surface area contributed by atoms with E-state index in [1.807, 2.05) is 6.92 Å². The van der Waals surface area contributed by atoms with Crippen molar-refractivity contribution >= 4 is 29.2 Å². The van der Waals surface area contributed by atoms with Crippen molar-refractivity contribution in [2.24, 2.45) is 17.6 Å². The first-order valence-corrected chi connectivity index (χ1v) is 8.12. The van der Waals surface area contributed by atoms with E-state index in [0.29, 0.717) is 23.6 Å². The number of piperidine rings is 1. The van der Waals surface area contributed by atoms with Crippen LogP contribution in [0.3, 0.4) is 0 Å². The molecule has 1 aromatic carbocycles. The van der Waals surface area contributed by atoms with E-state index in [-0.39, 0.29) is 30.1 Å². The fourth-order valence-corrected chi connectivity index (χ4v) is 3.74. The van der Waals surface area contributed by atoms with Gasteiger partial charge in [0, 0.05) is 11.7 Å². The van der Waals surface area contributed by atoms with E-state index >= 15 is 0 Å². The molecule has 1 aliphatic heterocycles. The zero-order valence-corrected chi connectivity index (χ0v) is 13.8. The van der Waals surface area contributed by atoms with Crippen molar-refractivity contribution in [2.75, 3.05) is 11.9 Å². The molecule has 6 N–H and O–H groups in total. The SMILES string of the molecule is CC1[C@@H]2[C@H]1C[C@@H](C(=O)O)N2C(=O)CNc1ccccc1C(=[NH2+])C(N)=O. The average molecular weight is 345 g/mol. The summed E-state index contributed by atoms with van der Waals surface area (Å²) in [5.41, 5.74) is 6.03. The molecule has 8 nitrogen and oxygen atoms in total. The second-order valence-electron chi connectivity index (χ2n) is 6.58. The molecular weight excluding hydrogens is 324 g/mol. The van der Waals surface area contributed by atoms with Crippen LogP contribution in [0.15, 0.2) is 24.3 Å². The zero-order chi connectivity index (χ0) is 18.3. The first-order valence-electron chi connectivity index (χ1n) is 8.12. The Morgan fingerprint density at radius 2 is 2.04 bits per heavy atom. The van der Waals surface area contributed by atoms with Gasteiger partial charge in [-0.1, -0.05) is 19.1 Å². The van der Waals surface area contributed by atoms with E-state index in [1.165, 1.54) is 4.90 Å². The van der Waals surface area contributed by atoms with E-state index in [0.717, 1.165) is 0 Å². The molecule has 0 bridgehead atoms. The molecule has 1 aliphatic carbocycles. The van der Waals surface area contributed by atoms with Crippen LogP contribution in [0.25, 0.3) is 0 Å². The number of nitrogens with zero attached hydrogens (tertiary/aromatic N) is 1. The van der Waals surface area contributed by atoms with Crippen LogP contribution < -0.4 is 16.5 Å². The predicted octanol–water partition coefficient (Wildman–Crippen LogP) is -1.55. The highest BCUT2D eigenvalue weighted by Gasteiger charge is 2.61. The molecule has 2 amide bonds. The Kier molecular flexibility index (Phi) is 4.20. The van der Waals surface area contributed by atoms with Gasteiger partial charge in [-0.2, -0.15) is 0 Å². The largest absolute Gasteiger partial charge is 0.480 e. The number of likely N-dealkylation sites (tertiary alicyclic amines) is 1. The van der Waals surface area contributed by atoms with Crippen LogP contribution in [0.1, 0.15) is 18.9 Å². The molecule has 1 saturated carbocycles. The van der Waals surface area contributed by atoms with Gasteiger partial charge in [-0.05, 0) is 30.4 Å². The molecule has 1 aromatic rings. The van der Waals surface area contributed by atoms with E-state index in [1.54, 1.807) is 24.3 Å². The molecule has 8 heteroatoms. The number of aliphatic carboxylic acids is 1. The van der Waals surface area contributed by atoms with E-state index < -0.39 is 17.9 Å². The van der Waals surface area contributed by atoms with Gasteiger partial charge in [0.25, 0.3) is 5.71 Å². The van der Waals surface area contributed by atoms with Crippen LogP contribution in [-0.2, 0) is 14.4 Å². The number of carbonyl (C=O) groups is 3. The zero-order valence-electron chi connectivity index (χ0n) is 13.8. The number of carboxylic acids is 1. The van der Waals surface area contributed by atoms with Crippen molar-refractivity contribution in [1.29, 1.82) is 0 Å². The van der Waals surface area contributed by atoms with Gasteiger partial charge in [0.15, 0.2) is 0 Å². The smallest absolute Gasteiger partial charge is 0.326 e. The number of hydrogen-bond donors (Lipinski definition) is 4. The van der Waals surface area contributed by atoms with Crippen LogP contribution in [0.2, 0.25) is 0 Å². The van der Waals surface area contributed by atoms with E-state index in [4.69, 9.17) is 11.1 Å². The van der Waals surface area contributed by atoms with Gasteiger partial charge in [-0.15, -0.1) is 0 Å². The van der Waals surface area contributed by atoms with Crippen LogP contribution in [0, 0.1) is 11.8 Å². The highest BCUT2D eigenvalue weighted by Crippen LogP contribution is 2.53. The summed E-state index contributed by atoms with van der Waals surface area (Å²) in [5, 5.41) is 18.0. The molecule has 1 saturated heterocycles. The number of amides is 2. The number of anilines is 1. The predicted molar refractivity (Wildman–Crippen MR) is 89.5 cm³/mol. The van der Waals surface area contributed by atoms with Gasteiger partial charge in [-0.3, -0.25) is 9.59 Å². The molecule has 0 spiro atoms. The molecule has 4 atom stereocenters. The maximum Gasteiger partial charge on any atom is 0.326 e. The highest BCUT2D eigenvalue weighted by molar-refractivity contribution is 6.43. The standard InChI is InChI=1S/C17H20N4O4/c1-8-10-6-12(17(24)25)21(15(8)10)13(22)7-20-11-5-3-2-4-9(11)14(18)16(19)23/h2-5,8,10,12,15,18,20H,6-7H2,1H3,(H2,19,23)(H,24,25)/p+1/t8?,10-,12-,15+/m0/s1. The Labute approximate surface area is 144 Å². The van der Waals surface area contributed by atoms with Gasteiger partial charge in [0.05, 0.1) is 12.1 Å². The summed E-state index contributed by atoms with van der Waals surface area (Å²) >= 11 is 0. The average Bonchev–Trinajstić information content (AvgIpc) is 3.03. The normalized spacial score (nSPS) is 26.7. The topological polar surface area (TPSA) is 138 Å². The number of para-hydroxylation sites is 1. The summed E-state index contributed by atoms with van der Waals surface area (Å²) in [6.07, 6.45) is 0.506. The molecule has 2 aliphatic rings. The van der Waals surface area contributed by atoms with Crippen molar-refractivity contribution in [2.45, 2.75) is 25.4 Å². The lowest BCUT2D eigenvalue weighted by molar-refractivity contribution is -0.149. The molecule has 2 fully saturated rings. The van der Waals surface area contributed by atoms with Crippen LogP contribution in [0.4, 0.5) is 5.69 Å². The molecule has 0 radical (unpaired) electrons. The molecule has 25 heavy (non-hydrogen) atoms. The number of fused-ring (bicyclic) bond motifs is 1. The number of hydrogen-bond acceptors (Lipinski definition) is 4. The monoisotopic (exact) mass is 345 g/mol. The van der Waals surface area contributed by atoms with Crippen molar-refractivity contribution in [3.63, 3.8) is 0 Å². The molecule has 1 heterocycles.